The van der Waals surface area contributed by atoms with Crippen molar-refractivity contribution in [3.8, 4) is 11.5 Å². The first-order valence-corrected chi connectivity index (χ1v) is 5.94. The van der Waals surface area contributed by atoms with E-state index in [2.05, 4.69) is 5.32 Å². The lowest BCUT2D eigenvalue weighted by molar-refractivity contribution is -0.385. The number of ether oxygens (including phenoxy) is 1. The van der Waals surface area contributed by atoms with E-state index in [9.17, 15) is 20.0 Å². The summed E-state index contributed by atoms with van der Waals surface area (Å²) in [6.07, 6.45) is 0. The number of aromatic hydroxyl groups is 1. The van der Waals surface area contributed by atoms with E-state index in [-0.39, 0.29) is 22.7 Å². The third-order valence-electron chi connectivity index (χ3n) is 2.80. The van der Waals surface area contributed by atoms with Crippen molar-refractivity contribution in [2.75, 3.05) is 12.4 Å². The highest BCUT2D eigenvalue weighted by molar-refractivity contribution is 6.07. The van der Waals surface area contributed by atoms with Gasteiger partial charge in [0.05, 0.1) is 17.7 Å². The van der Waals surface area contributed by atoms with Gasteiger partial charge in [-0.25, -0.2) is 0 Å². The van der Waals surface area contributed by atoms with E-state index in [1.54, 1.807) is 12.1 Å². The van der Waals surface area contributed by atoms with E-state index in [1.807, 2.05) is 0 Å². The number of nitrogens with zero attached hydrogens (tertiary/aromatic N) is 1. The van der Waals surface area contributed by atoms with E-state index < -0.39 is 10.8 Å². The van der Waals surface area contributed by atoms with Crippen LogP contribution in [-0.2, 0) is 0 Å². The van der Waals surface area contributed by atoms with Gasteiger partial charge in [-0.2, -0.15) is 0 Å². The topological polar surface area (TPSA) is 102 Å². The second kappa shape index (κ2) is 5.91. The number of benzene rings is 2. The van der Waals surface area contributed by atoms with Crippen molar-refractivity contribution in [2.45, 2.75) is 0 Å². The highest BCUT2D eigenvalue weighted by Crippen LogP contribution is 2.27. The monoisotopic (exact) mass is 288 g/mol. The van der Waals surface area contributed by atoms with Crippen LogP contribution in [0.25, 0.3) is 0 Å². The number of phenolic OH excluding ortho intramolecular Hbond substituents is 1. The quantitative estimate of drug-likeness (QED) is 0.511. The molecule has 2 aromatic carbocycles. The number of amides is 1. The van der Waals surface area contributed by atoms with E-state index >= 15 is 0 Å². The predicted octanol–water partition coefficient (Wildman–Crippen LogP) is 2.56. The first-order chi connectivity index (χ1) is 10.0. The summed E-state index contributed by atoms with van der Waals surface area (Å²) in [6.45, 7) is 0. The molecule has 0 saturated carbocycles. The molecule has 0 fully saturated rings. The number of para-hydroxylation sites is 2. The summed E-state index contributed by atoms with van der Waals surface area (Å²) in [7, 11) is 1.39. The highest BCUT2D eigenvalue weighted by atomic mass is 16.6. The molecule has 2 N–H and O–H groups in total. The van der Waals surface area contributed by atoms with E-state index in [0.717, 1.165) is 0 Å². The van der Waals surface area contributed by atoms with Gasteiger partial charge in [-0.1, -0.05) is 12.1 Å². The van der Waals surface area contributed by atoms with Crippen LogP contribution >= 0.6 is 0 Å². The summed E-state index contributed by atoms with van der Waals surface area (Å²) in [4.78, 5) is 22.5. The number of hydrogen-bond acceptors (Lipinski definition) is 5. The molecule has 1 amide bonds. The molecule has 0 aliphatic rings. The van der Waals surface area contributed by atoms with Crippen LogP contribution in [0.4, 0.5) is 11.4 Å². The van der Waals surface area contributed by atoms with Crippen LogP contribution in [0, 0.1) is 10.1 Å². The fraction of sp³-hybridized carbons (Fsp3) is 0.0714. The molecule has 0 aliphatic carbocycles. The minimum Gasteiger partial charge on any atom is -0.506 e. The average Bonchev–Trinajstić information content (AvgIpc) is 2.48. The SMILES string of the molecule is COc1ccc([N+](=O)[O-])c(C(=O)Nc2ccccc2O)c1. The molecule has 21 heavy (non-hydrogen) atoms. The van der Waals surface area contributed by atoms with Crippen LogP contribution in [0.5, 0.6) is 11.5 Å². The number of carbonyl (C=O) groups excluding carboxylic acids is 1. The lowest BCUT2D eigenvalue weighted by Crippen LogP contribution is -2.14. The zero-order chi connectivity index (χ0) is 15.4. The Labute approximate surface area is 119 Å². The Morgan fingerprint density at radius 1 is 1.29 bits per heavy atom. The Kier molecular flexibility index (Phi) is 4.03. The third-order valence-corrected chi connectivity index (χ3v) is 2.80. The Bertz CT molecular complexity index is 700. The lowest BCUT2D eigenvalue weighted by atomic mass is 10.1. The lowest BCUT2D eigenvalue weighted by Gasteiger charge is -2.08. The van der Waals surface area contributed by atoms with Gasteiger partial charge in [-0.3, -0.25) is 14.9 Å². The Balaban J connectivity index is 2.38. The summed E-state index contributed by atoms with van der Waals surface area (Å²) in [5.41, 5.74) is -0.328. The zero-order valence-electron chi connectivity index (χ0n) is 11.1. The minimum absolute atomic E-state index is 0.128. The van der Waals surface area contributed by atoms with E-state index in [0.29, 0.717) is 5.75 Å². The van der Waals surface area contributed by atoms with Gasteiger partial charge >= 0.3 is 0 Å². The van der Waals surface area contributed by atoms with Gasteiger partial charge in [0.15, 0.2) is 0 Å². The normalized spacial score (nSPS) is 9.95. The number of anilines is 1. The molecule has 2 aromatic rings. The highest BCUT2D eigenvalue weighted by Gasteiger charge is 2.21. The summed E-state index contributed by atoms with van der Waals surface area (Å²) in [5.74, 6) is -0.512. The maximum atomic E-state index is 12.2. The summed E-state index contributed by atoms with van der Waals surface area (Å²) < 4.78 is 4.96. The van der Waals surface area contributed by atoms with Gasteiger partial charge in [-0.05, 0) is 24.3 Å². The average molecular weight is 288 g/mol. The predicted molar refractivity (Wildman–Crippen MR) is 75.7 cm³/mol. The van der Waals surface area contributed by atoms with Crippen molar-refractivity contribution in [1.29, 1.82) is 0 Å². The second-order valence-electron chi connectivity index (χ2n) is 4.11. The maximum Gasteiger partial charge on any atom is 0.282 e. The number of carbonyl (C=O) groups is 1. The number of hydrogen-bond donors (Lipinski definition) is 2. The van der Waals surface area contributed by atoms with Gasteiger partial charge in [0.2, 0.25) is 0 Å². The second-order valence-corrected chi connectivity index (χ2v) is 4.11. The van der Waals surface area contributed by atoms with Crippen LogP contribution in [0.2, 0.25) is 0 Å². The Hall–Kier alpha value is -3.09. The molecular formula is C14H12N2O5. The largest absolute Gasteiger partial charge is 0.506 e. The van der Waals surface area contributed by atoms with Crippen molar-refractivity contribution < 1.29 is 19.6 Å². The number of methoxy groups -OCH3 is 1. The van der Waals surface area contributed by atoms with Crippen LogP contribution in [0.3, 0.4) is 0 Å². The molecule has 0 unspecified atom stereocenters. The molecule has 7 heteroatoms. The minimum atomic E-state index is -0.706. The number of nitro benzene ring substituents is 1. The molecule has 0 atom stereocenters. The van der Waals surface area contributed by atoms with E-state index in [4.69, 9.17) is 4.74 Å². The molecule has 0 heterocycles. The molecular weight excluding hydrogens is 276 g/mol. The summed E-state index contributed by atoms with van der Waals surface area (Å²) in [6, 6.07) is 9.96. The number of nitro groups is 1. The van der Waals surface area contributed by atoms with Gasteiger partial charge in [-0.15, -0.1) is 0 Å². The van der Waals surface area contributed by atoms with Crippen LogP contribution < -0.4 is 10.1 Å². The fourth-order valence-corrected chi connectivity index (χ4v) is 1.75. The van der Waals surface area contributed by atoms with Crippen molar-refractivity contribution in [3.63, 3.8) is 0 Å². The molecule has 0 aliphatic heterocycles. The Morgan fingerprint density at radius 2 is 2.00 bits per heavy atom. The Morgan fingerprint density at radius 3 is 2.62 bits per heavy atom. The van der Waals surface area contributed by atoms with Crippen LogP contribution in [-0.4, -0.2) is 23.0 Å². The molecule has 0 spiro atoms. The molecule has 108 valence electrons. The van der Waals surface area contributed by atoms with Crippen LogP contribution in [0.15, 0.2) is 42.5 Å². The molecule has 0 aromatic heterocycles. The van der Waals surface area contributed by atoms with Crippen molar-refractivity contribution >= 4 is 17.3 Å². The van der Waals surface area contributed by atoms with Crippen molar-refractivity contribution in [2.24, 2.45) is 0 Å². The maximum absolute atomic E-state index is 12.2. The van der Waals surface area contributed by atoms with Crippen molar-refractivity contribution in [3.05, 3.63) is 58.1 Å². The number of nitrogens with one attached hydrogen (secondary N) is 1. The zero-order valence-corrected chi connectivity index (χ0v) is 11.1. The van der Waals surface area contributed by atoms with Gasteiger partial charge in [0, 0.05) is 6.07 Å². The first-order valence-electron chi connectivity index (χ1n) is 5.94. The van der Waals surface area contributed by atoms with Gasteiger partial charge in [0.25, 0.3) is 11.6 Å². The molecule has 0 bridgehead atoms. The summed E-state index contributed by atoms with van der Waals surface area (Å²) >= 11 is 0. The fourth-order valence-electron chi connectivity index (χ4n) is 1.75. The van der Waals surface area contributed by atoms with Gasteiger partial charge < -0.3 is 15.2 Å². The molecule has 0 radical (unpaired) electrons. The first kappa shape index (κ1) is 14.3. The molecule has 2 rings (SSSR count). The standard InChI is InChI=1S/C14H12N2O5/c1-21-9-6-7-12(16(19)20)10(8-9)14(18)15-11-4-2-3-5-13(11)17/h2-8,17H,1H3,(H,15,18). The summed E-state index contributed by atoms with van der Waals surface area (Å²) in [5, 5.41) is 23.0. The van der Waals surface area contributed by atoms with E-state index in [1.165, 1.54) is 37.4 Å². The third kappa shape index (κ3) is 3.08. The molecule has 0 saturated heterocycles. The molecule has 7 nitrogen and oxygen atoms in total. The number of rotatable bonds is 4. The van der Waals surface area contributed by atoms with Gasteiger partial charge in [0.1, 0.15) is 17.1 Å². The van der Waals surface area contributed by atoms with Crippen LogP contribution in [0.1, 0.15) is 10.4 Å². The number of phenols is 1. The smallest absolute Gasteiger partial charge is 0.282 e. The van der Waals surface area contributed by atoms with Crippen molar-refractivity contribution in [1.82, 2.24) is 0 Å².